The van der Waals surface area contributed by atoms with Crippen molar-refractivity contribution in [2.45, 2.75) is 129 Å². The molecule has 1 aromatic heterocycles. The van der Waals surface area contributed by atoms with Gasteiger partial charge in [0.1, 0.15) is 0 Å². The summed E-state index contributed by atoms with van der Waals surface area (Å²) in [5, 5.41) is 0. The van der Waals surface area contributed by atoms with E-state index in [2.05, 4.69) is 18.8 Å². The van der Waals surface area contributed by atoms with Crippen LogP contribution in [0.2, 0.25) is 0 Å². The lowest BCUT2D eigenvalue weighted by molar-refractivity contribution is -0.0823. The Hall–Kier alpha value is -2.02. The standard InChI is InChI=1S/C34H48F5NO/c1-3-5-7-8-9-10-13-17-27-20-18-26-24-28(31(35)32(36)30(26)34(27,38)39)29-21-19-25(33(37)40-29)16-12-11-15-23-41-22-14-6-4-2/h19,21,24,27H,3-18,20,22-23H2,1-2H3. The van der Waals surface area contributed by atoms with Gasteiger partial charge in [-0.3, -0.25) is 0 Å². The second-order valence-electron chi connectivity index (χ2n) is 11.6. The molecular formula is C34H48F5NO. The molecule has 0 saturated carbocycles. The monoisotopic (exact) mass is 581 g/mol. The highest BCUT2D eigenvalue weighted by Gasteiger charge is 2.48. The molecule has 2 aromatic rings. The molecule has 0 radical (unpaired) electrons. The van der Waals surface area contributed by atoms with Crippen LogP contribution in [0.15, 0.2) is 18.2 Å². The molecule has 0 saturated heterocycles. The third-order valence-electron chi connectivity index (χ3n) is 8.38. The number of benzene rings is 1. The highest BCUT2D eigenvalue weighted by atomic mass is 19.3. The summed E-state index contributed by atoms with van der Waals surface area (Å²) in [6.45, 7) is 5.75. The number of hydrogen-bond acceptors (Lipinski definition) is 2. The number of ether oxygens (including phenoxy) is 1. The smallest absolute Gasteiger partial charge is 0.279 e. The van der Waals surface area contributed by atoms with E-state index in [0.29, 0.717) is 31.4 Å². The van der Waals surface area contributed by atoms with Crippen LogP contribution < -0.4 is 0 Å². The van der Waals surface area contributed by atoms with Gasteiger partial charge in [-0.15, -0.1) is 0 Å². The summed E-state index contributed by atoms with van der Waals surface area (Å²) in [4.78, 5) is 3.89. The molecule has 2 nitrogen and oxygen atoms in total. The number of nitrogens with zero attached hydrogens (tertiary/aromatic N) is 1. The maximum Gasteiger partial charge on any atom is 0.279 e. The molecule has 1 unspecified atom stereocenters. The van der Waals surface area contributed by atoms with E-state index < -0.39 is 35.0 Å². The highest BCUT2D eigenvalue weighted by molar-refractivity contribution is 5.63. The van der Waals surface area contributed by atoms with E-state index in [9.17, 15) is 4.39 Å². The summed E-state index contributed by atoms with van der Waals surface area (Å²) >= 11 is 0. The maximum absolute atomic E-state index is 15.4. The zero-order valence-electron chi connectivity index (χ0n) is 25.0. The molecule has 0 spiro atoms. The zero-order chi connectivity index (χ0) is 29.7. The number of halogens is 5. The van der Waals surface area contributed by atoms with Crippen LogP contribution in [0.3, 0.4) is 0 Å². The lowest BCUT2D eigenvalue weighted by Crippen LogP contribution is -2.33. The number of pyridine rings is 1. The van der Waals surface area contributed by atoms with Crippen LogP contribution in [0.4, 0.5) is 22.0 Å². The Bertz CT molecular complexity index is 1070. The minimum Gasteiger partial charge on any atom is -0.381 e. The molecule has 0 bridgehead atoms. The first-order valence-electron chi connectivity index (χ1n) is 15.9. The van der Waals surface area contributed by atoms with Crippen molar-refractivity contribution < 1.29 is 26.7 Å². The summed E-state index contributed by atoms with van der Waals surface area (Å²) in [6.07, 6.45) is 14.3. The van der Waals surface area contributed by atoms with E-state index in [0.717, 1.165) is 77.2 Å². The van der Waals surface area contributed by atoms with Gasteiger partial charge in [0.15, 0.2) is 11.6 Å². The van der Waals surface area contributed by atoms with Crippen LogP contribution in [0.25, 0.3) is 11.3 Å². The van der Waals surface area contributed by atoms with Gasteiger partial charge in [0, 0.05) is 30.3 Å². The Labute approximate surface area is 243 Å². The van der Waals surface area contributed by atoms with E-state index in [1.54, 1.807) is 0 Å². The lowest BCUT2D eigenvalue weighted by Gasteiger charge is -2.34. The average molecular weight is 582 g/mol. The third kappa shape index (κ3) is 9.49. The fourth-order valence-corrected chi connectivity index (χ4v) is 5.86. The molecule has 41 heavy (non-hydrogen) atoms. The SMILES string of the molecule is CCCCCCCCCC1CCc2cc(-c3ccc(CCCCCOCCCCC)c(F)n3)c(F)c(F)c2C1(F)F. The van der Waals surface area contributed by atoms with Crippen molar-refractivity contribution in [2.24, 2.45) is 5.92 Å². The Morgan fingerprint density at radius 3 is 2.15 bits per heavy atom. The van der Waals surface area contributed by atoms with Crippen LogP contribution in [-0.4, -0.2) is 18.2 Å². The van der Waals surface area contributed by atoms with Crippen LogP contribution in [0.1, 0.15) is 127 Å². The number of aryl methyl sites for hydroxylation is 2. The highest BCUT2D eigenvalue weighted by Crippen LogP contribution is 2.49. The van der Waals surface area contributed by atoms with Crippen molar-refractivity contribution >= 4 is 0 Å². The molecule has 1 aliphatic carbocycles. The minimum absolute atomic E-state index is 0.0838. The zero-order valence-corrected chi connectivity index (χ0v) is 25.0. The Balaban J connectivity index is 1.59. The molecule has 0 amide bonds. The summed E-state index contributed by atoms with van der Waals surface area (Å²) in [7, 11) is 0. The number of unbranched alkanes of at least 4 members (excludes halogenated alkanes) is 10. The molecule has 0 fully saturated rings. The van der Waals surface area contributed by atoms with E-state index in [1.165, 1.54) is 24.6 Å². The molecule has 0 N–H and O–H groups in total. The molecule has 7 heteroatoms. The lowest BCUT2D eigenvalue weighted by atomic mass is 9.77. The predicted octanol–water partition coefficient (Wildman–Crippen LogP) is 10.9. The van der Waals surface area contributed by atoms with Crippen molar-refractivity contribution in [2.75, 3.05) is 13.2 Å². The molecule has 3 rings (SSSR count). The van der Waals surface area contributed by atoms with E-state index in [4.69, 9.17) is 4.74 Å². The first kappa shape index (κ1) is 33.5. The predicted molar refractivity (Wildman–Crippen MR) is 156 cm³/mol. The van der Waals surface area contributed by atoms with Gasteiger partial charge >= 0.3 is 0 Å². The van der Waals surface area contributed by atoms with E-state index in [1.807, 2.05) is 0 Å². The summed E-state index contributed by atoms with van der Waals surface area (Å²) < 4.78 is 81.6. The van der Waals surface area contributed by atoms with Crippen molar-refractivity contribution in [3.8, 4) is 11.3 Å². The van der Waals surface area contributed by atoms with Gasteiger partial charge < -0.3 is 4.74 Å². The van der Waals surface area contributed by atoms with Gasteiger partial charge in [0.2, 0.25) is 5.95 Å². The number of fused-ring (bicyclic) bond motifs is 1. The van der Waals surface area contributed by atoms with Gasteiger partial charge in [-0.1, -0.05) is 84.1 Å². The van der Waals surface area contributed by atoms with Crippen molar-refractivity contribution in [3.05, 3.63) is 52.5 Å². The van der Waals surface area contributed by atoms with Gasteiger partial charge in [-0.25, -0.2) is 22.5 Å². The van der Waals surface area contributed by atoms with Crippen LogP contribution in [0.5, 0.6) is 0 Å². The number of hydrogen-bond donors (Lipinski definition) is 0. The number of alkyl halides is 2. The van der Waals surface area contributed by atoms with E-state index in [-0.39, 0.29) is 29.7 Å². The van der Waals surface area contributed by atoms with Crippen LogP contribution in [-0.2, 0) is 23.5 Å². The van der Waals surface area contributed by atoms with Crippen LogP contribution >= 0.6 is 0 Å². The molecular weight excluding hydrogens is 533 g/mol. The molecule has 1 heterocycles. The van der Waals surface area contributed by atoms with Crippen molar-refractivity contribution in [1.29, 1.82) is 0 Å². The Morgan fingerprint density at radius 2 is 1.44 bits per heavy atom. The van der Waals surface area contributed by atoms with E-state index >= 15 is 17.6 Å². The quantitative estimate of drug-likeness (QED) is 0.0935. The molecule has 1 aromatic carbocycles. The van der Waals surface area contributed by atoms with Crippen molar-refractivity contribution in [1.82, 2.24) is 4.98 Å². The van der Waals surface area contributed by atoms with Gasteiger partial charge in [-0.2, -0.15) is 4.39 Å². The molecule has 1 atom stereocenters. The third-order valence-corrected chi connectivity index (χ3v) is 8.38. The molecule has 1 aliphatic rings. The second kappa shape index (κ2) is 17.2. The van der Waals surface area contributed by atoms with Gasteiger partial charge in [0.05, 0.1) is 11.3 Å². The van der Waals surface area contributed by atoms with Crippen LogP contribution in [0, 0.1) is 23.5 Å². The fraction of sp³-hybridized carbons (Fsp3) is 0.676. The fourth-order valence-electron chi connectivity index (χ4n) is 5.86. The largest absolute Gasteiger partial charge is 0.381 e. The normalized spacial score (nSPS) is 16.2. The first-order chi connectivity index (χ1) is 19.8. The number of rotatable bonds is 19. The van der Waals surface area contributed by atoms with Gasteiger partial charge in [-0.05, 0) is 62.6 Å². The molecule has 0 aliphatic heterocycles. The second-order valence-corrected chi connectivity index (χ2v) is 11.6. The van der Waals surface area contributed by atoms with Gasteiger partial charge in [0.25, 0.3) is 5.92 Å². The summed E-state index contributed by atoms with van der Waals surface area (Å²) in [6, 6.07) is 4.22. The first-order valence-corrected chi connectivity index (χ1v) is 15.9. The summed E-state index contributed by atoms with van der Waals surface area (Å²) in [5.41, 5.74) is -0.698. The maximum atomic E-state index is 15.4. The Morgan fingerprint density at radius 1 is 0.805 bits per heavy atom. The average Bonchev–Trinajstić information content (AvgIpc) is 2.95. The van der Waals surface area contributed by atoms with Crippen molar-refractivity contribution in [3.63, 3.8) is 0 Å². The topological polar surface area (TPSA) is 22.1 Å². The minimum atomic E-state index is -3.44. The summed E-state index contributed by atoms with van der Waals surface area (Å²) in [5.74, 6) is -8.11. The Kier molecular flexibility index (Phi) is 14.0. The molecule has 230 valence electrons. The number of aromatic nitrogens is 1.